The number of hydrogen-bond donors (Lipinski definition) is 0. The smallest absolute Gasteiger partial charge is 0.238 e. The van der Waals surface area contributed by atoms with Crippen molar-refractivity contribution in [3.63, 3.8) is 0 Å². The van der Waals surface area contributed by atoms with Gasteiger partial charge >= 0.3 is 0 Å². The van der Waals surface area contributed by atoms with Crippen LogP contribution in [0.25, 0.3) is 144 Å². The van der Waals surface area contributed by atoms with Crippen molar-refractivity contribution in [1.82, 2.24) is 33.2 Å². The Morgan fingerprint density at radius 2 is 0.566 bits per heavy atom. The van der Waals surface area contributed by atoms with E-state index in [9.17, 15) is 0 Å². The normalized spacial score (nSPS) is 11.9. The van der Waals surface area contributed by atoms with E-state index in [2.05, 4.69) is 255 Å². The summed E-state index contributed by atoms with van der Waals surface area (Å²) >= 11 is 0. The Bertz CT molecular complexity index is 4860. The molecule has 11 aromatic carbocycles. The zero-order valence-electron chi connectivity index (χ0n) is 41.0. The van der Waals surface area contributed by atoms with Gasteiger partial charge in [-0.3, -0.25) is 4.57 Å². The molecule has 16 rings (SSSR count). The maximum Gasteiger partial charge on any atom is 0.238 e. The molecule has 7 nitrogen and oxygen atoms in total. The molecule has 0 unspecified atom stereocenters. The molecule has 0 aliphatic heterocycles. The molecule has 0 saturated heterocycles. The highest BCUT2D eigenvalue weighted by Crippen LogP contribution is 2.44. The molecule has 7 heteroatoms. The van der Waals surface area contributed by atoms with E-state index >= 15 is 0 Å². The molecule has 0 radical (unpaired) electrons. The highest BCUT2D eigenvalue weighted by Gasteiger charge is 2.25. The van der Waals surface area contributed by atoms with Crippen LogP contribution in [0.15, 0.2) is 261 Å². The highest BCUT2D eigenvalue weighted by molar-refractivity contribution is 6.24. The number of rotatable bonds is 7. The number of nitrogens with zero attached hydrogens (tertiary/aromatic N) is 7. The summed E-state index contributed by atoms with van der Waals surface area (Å²) in [5.74, 6) is 1.71. The molecule has 0 aliphatic carbocycles. The predicted octanol–water partition coefficient (Wildman–Crippen LogP) is 17.3. The SMILES string of the molecule is c1ccc(-c2ccc(-c3nc(-c4ccccc4)nc(-n4c5ccc(-n6c7ccccc7c7ccccc76)cc5c5ccc6c7cc(-n8c9ccccc9c9ccccc98)ccc7n(-c7ccccc7)c6c54)n3)cc2)cc1. The summed E-state index contributed by atoms with van der Waals surface area (Å²) in [6.45, 7) is 0. The second-order valence-electron chi connectivity index (χ2n) is 19.6. The van der Waals surface area contributed by atoms with Gasteiger partial charge in [-0.1, -0.05) is 188 Å². The first-order valence-corrected chi connectivity index (χ1v) is 25.8. The first-order valence-electron chi connectivity index (χ1n) is 25.8. The van der Waals surface area contributed by atoms with Crippen molar-refractivity contribution in [2.45, 2.75) is 0 Å². The lowest BCUT2D eigenvalue weighted by Crippen LogP contribution is -2.07. The van der Waals surface area contributed by atoms with Gasteiger partial charge in [0.15, 0.2) is 11.6 Å². The van der Waals surface area contributed by atoms with Crippen LogP contribution in [0.5, 0.6) is 0 Å². The van der Waals surface area contributed by atoms with E-state index in [0.717, 1.165) is 94.0 Å². The Kier molecular flexibility index (Phi) is 9.20. The van der Waals surface area contributed by atoms with Crippen LogP contribution in [0.3, 0.4) is 0 Å². The van der Waals surface area contributed by atoms with Gasteiger partial charge < -0.3 is 13.7 Å². The fraction of sp³-hybridized carbons (Fsp3) is 0. The largest absolute Gasteiger partial charge is 0.309 e. The summed E-state index contributed by atoms with van der Waals surface area (Å²) in [5, 5.41) is 9.34. The van der Waals surface area contributed by atoms with Crippen molar-refractivity contribution in [3.8, 4) is 56.9 Å². The van der Waals surface area contributed by atoms with E-state index in [1.165, 1.54) is 32.6 Å². The lowest BCUT2D eigenvalue weighted by Gasteiger charge is -2.14. The summed E-state index contributed by atoms with van der Waals surface area (Å²) < 4.78 is 9.54. The van der Waals surface area contributed by atoms with Crippen molar-refractivity contribution in [2.24, 2.45) is 0 Å². The fourth-order valence-electron chi connectivity index (χ4n) is 12.1. The fourth-order valence-corrected chi connectivity index (χ4v) is 12.1. The van der Waals surface area contributed by atoms with Gasteiger partial charge in [-0.05, 0) is 83.9 Å². The zero-order chi connectivity index (χ0) is 49.8. The van der Waals surface area contributed by atoms with E-state index < -0.39 is 0 Å². The second-order valence-corrected chi connectivity index (χ2v) is 19.6. The molecule has 0 N–H and O–H groups in total. The molecule has 5 heterocycles. The Hall–Kier alpha value is -10.4. The first kappa shape index (κ1) is 42.2. The van der Waals surface area contributed by atoms with Crippen molar-refractivity contribution in [1.29, 1.82) is 0 Å². The topological polar surface area (TPSA) is 58.4 Å². The molecular formula is C69H43N7. The molecule has 0 saturated carbocycles. The van der Waals surface area contributed by atoms with Crippen molar-refractivity contribution in [3.05, 3.63) is 261 Å². The van der Waals surface area contributed by atoms with Gasteiger partial charge in [0.05, 0.1) is 44.1 Å². The summed E-state index contributed by atoms with van der Waals surface area (Å²) in [6.07, 6.45) is 0. The summed E-state index contributed by atoms with van der Waals surface area (Å²) in [7, 11) is 0. The molecule has 0 atom stereocenters. The van der Waals surface area contributed by atoms with Gasteiger partial charge in [0, 0.05) is 71.3 Å². The first-order chi connectivity index (χ1) is 37.7. The summed E-state index contributed by atoms with van der Waals surface area (Å²) in [6, 6.07) is 93.4. The van der Waals surface area contributed by atoms with Gasteiger partial charge in [0.2, 0.25) is 5.95 Å². The number of hydrogen-bond acceptors (Lipinski definition) is 3. The molecule has 0 aliphatic rings. The Labute approximate surface area is 436 Å². The molecular weight excluding hydrogens is 927 g/mol. The number of aromatic nitrogens is 7. The predicted molar refractivity (Wildman–Crippen MR) is 313 cm³/mol. The van der Waals surface area contributed by atoms with Crippen LogP contribution in [0, 0.1) is 0 Å². The maximum atomic E-state index is 5.52. The van der Waals surface area contributed by atoms with E-state index in [-0.39, 0.29) is 0 Å². The van der Waals surface area contributed by atoms with E-state index in [1.807, 2.05) is 24.3 Å². The number of para-hydroxylation sites is 5. The molecule has 16 aromatic rings. The van der Waals surface area contributed by atoms with Crippen molar-refractivity contribution < 1.29 is 0 Å². The van der Waals surface area contributed by atoms with Gasteiger partial charge in [-0.25, -0.2) is 4.98 Å². The average Bonchev–Trinajstić information content (AvgIpc) is 4.29. The maximum absolute atomic E-state index is 5.52. The second kappa shape index (κ2) is 16.6. The van der Waals surface area contributed by atoms with Crippen molar-refractivity contribution >= 4 is 87.2 Å². The number of fused-ring (bicyclic) bond motifs is 13. The molecule has 0 fully saturated rings. The Morgan fingerprint density at radius 1 is 0.211 bits per heavy atom. The number of benzene rings is 11. The highest BCUT2D eigenvalue weighted by atomic mass is 15.2. The van der Waals surface area contributed by atoms with Crippen LogP contribution in [0.4, 0.5) is 0 Å². The van der Waals surface area contributed by atoms with E-state index in [0.29, 0.717) is 17.6 Å². The van der Waals surface area contributed by atoms with Gasteiger partial charge in [0.1, 0.15) is 0 Å². The van der Waals surface area contributed by atoms with Crippen LogP contribution >= 0.6 is 0 Å². The molecule has 354 valence electrons. The van der Waals surface area contributed by atoms with Gasteiger partial charge in [0.25, 0.3) is 0 Å². The molecule has 76 heavy (non-hydrogen) atoms. The monoisotopic (exact) mass is 969 g/mol. The van der Waals surface area contributed by atoms with Crippen LogP contribution in [-0.4, -0.2) is 33.2 Å². The Balaban J connectivity index is 1.03. The standard InChI is InChI=1S/C69H43N7/c1-4-18-44(19-5-1)45-32-34-47(35-33-45)68-70-67(46-20-6-2-7-21-46)71-69(72-68)76-64-41-37-50(74-61-30-16-12-26-53(61)54-27-13-17-31-62(54)74)43-58(64)56-39-38-55-57-42-49(73-59-28-14-10-24-51(59)52-25-11-15-29-60(52)73)36-40-63(57)75(65(55)66(56)76)48-22-8-3-9-23-48/h1-43H. The molecule has 0 bridgehead atoms. The third kappa shape index (κ3) is 6.33. The van der Waals surface area contributed by atoms with Crippen LogP contribution in [-0.2, 0) is 0 Å². The lowest BCUT2D eigenvalue weighted by atomic mass is 10.0. The minimum absolute atomic E-state index is 0.531. The van der Waals surface area contributed by atoms with Crippen LogP contribution in [0.2, 0.25) is 0 Å². The quantitative estimate of drug-likeness (QED) is 0.160. The van der Waals surface area contributed by atoms with Crippen molar-refractivity contribution in [2.75, 3.05) is 0 Å². The summed E-state index contributed by atoms with van der Waals surface area (Å²) in [5.41, 5.74) is 16.1. The Morgan fingerprint density at radius 3 is 1.05 bits per heavy atom. The van der Waals surface area contributed by atoms with Crippen LogP contribution in [0.1, 0.15) is 0 Å². The summed E-state index contributed by atoms with van der Waals surface area (Å²) in [4.78, 5) is 16.2. The van der Waals surface area contributed by atoms with Gasteiger partial charge in [-0.15, -0.1) is 0 Å². The van der Waals surface area contributed by atoms with Crippen LogP contribution < -0.4 is 0 Å². The molecule has 5 aromatic heterocycles. The molecule has 0 amide bonds. The zero-order valence-corrected chi connectivity index (χ0v) is 41.0. The molecule has 0 spiro atoms. The lowest BCUT2D eigenvalue weighted by molar-refractivity contribution is 0.953. The van der Waals surface area contributed by atoms with E-state index in [4.69, 9.17) is 15.0 Å². The minimum Gasteiger partial charge on any atom is -0.309 e. The van der Waals surface area contributed by atoms with E-state index in [1.54, 1.807) is 0 Å². The average molecular weight is 970 g/mol. The third-order valence-corrected chi connectivity index (χ3v) is 15.4. The van der Waals surface area contributed by atoms with Gasteiger partial charge in [-0.2, -0.15) is 9.97 Å². The third-order valence-electron chi connectivity index (χ3n) is 15.4. The minimum atomic E-state index is 0.531.